The van der Waals surface area contributed by atoms with Crippen molar-refractivity contribution in [2.45, 2.75) is 43.8 Å². The van der Waals surface area contributed by atoms with Crippen molar-refractivity contribution in [3.63, 3.8) is 0 Å². The molecule has 2 fully saturated rings. The van der Waals surface area contributed by atoms with Crippen molar-refractivity contribution in [1.82, 2.24) is 9.97 Å². The van der Waals surface area contributed by atoms with Crippen molar-refractivity contribution in [2.75, 3.05) is 4.90 Å². The molecule has 1 aromatic rings. The predicted molar refractivity (Wildman–Crippen MR) is 63.5 cm³/mol. The van der Waals surface area contributed by atoms with Crippen molar-refractivity contribution >= 4 is 17.5 Å². The van der Waals surface area contributed by atoms with E-state index in [4.69, 9.17) is 17.3 Å². The van der Waals surface area contributed by atoms with E-state index >= 15 is 0 Å². The maximum absolute atomic E-state index is 6.03. The lowest BCUT2D eigenvalue weighted by atomic mass is 9.99. The number of aromatic nitrogens is 2. The van der Waals surface area contributed by atoms with Gasteiger partial charge >= 0.3 is 0 Å². The number of hydrogen-bond donors (Lipinski definition) is 1. The third-order valence-electron chi connectivity index (χ3n) is 3.61. The highest BCUT2D eigenvalue weighted by Crippen LogP contribution is 2.37. The topological polar surface area (TPSA) is 55.0 Å². The molecule has 2 unspecified atom stereocenters. The second-order valence-corrected chi connectivity index (χ2v) is 5.16. The van der Waals surface area contributed by atoms with E-state index in [0.717, 1.165) is 18.8 Å². The highest BCUT2D eigenvalue weighted by molar-refractivity contribution is 6.30. The molecule has 0 saturated carbocycles. The monoisotopic (exact) mass is 238 g/mol. The van der Waals surface area contributed by atoms with Gasteiger partial charge in [-0.25, -0.2) is 9.97 Å². The van der Waals surface area contributed by atoms with Gasteiger partial charge in [0, 0.05) is 18.1 Å². The van der Waals surface area contributed by atoms with Crippen LogP contribution < -0.4 is 10.6 Å². The first-order valence-corrected chi connectivity index (χ1v) is 6.13. The van der Waals surface area contributed by atoms with Crippen LogP contribution in [-0.4, -0.2) is 28.1 Å². The van der Waals surface area contributed by atoms with Crippen LogP contribution in [0, 0.1) is 0 Å². The first-order valence-electron chi connectivity index (χ1n) is 5.75. The first kappa shape index (κ1) is 10.3. The largest absolute Gasteiger partial charge is 0.335 e. The Bertz CT molecular complexity index is 366. The van der Waals surface area contributed by atoms with E-state index in [1.165, 1.54) is 12.8 Å². The average molecular weight is 239 g/mol. The van der Waals surface area contributed by atoms with Gasteiger partial charge < -0.3 is 10.6 Å². The summed E-state index contributed by atoms with van der Waals surface area (Å²) in [4.78, 5) is 11.0. The molecule has 0 spiro atoms. The van der Waals surface area contributed by atoms with E-state index in [0.29, 0.717) is 23.1 Å². The van der Waals surface area contributed by atoms with E-state index in [-0.39, 0.29) is 0 Å². The molecule has 5 heteroatoms. The van der Waals surface area contributed by atoms with Gasteiger partial charge in [-0.15, -0.1) is 0 Å². The van der Waals surface area contributed by atoms with Gasteiger partial charge in [-0.3, -0.25) is 0 Å². The van der Waals surface area contributed by atoms with Gasteiger partial charge in [0.1, 0.15) is 0 Å². The number of anilines is 1. The van der Waals surface area contributed by atoms with E-state index in [1.807, 2.05) is 0 Å². The summed E-state index contributed by atoms with van der Waals surface area (Å²) < 4.78 is 0. The van der Waals surface area contributed by atoms with E-state index < -0.39 is 0 Å². The van der Waals surface area contributed by atoms with Crippen molar-refractivity contribution < 1.29 is 0 Å². The number of halogens is 1. The molecule has 16 heavy (non-hydrogen) atoms. The normalized spacial score (nSPS) is 33.1. The van der Waals surface area contributed by atoms with Gasteiger partial charge in [0.05, 0.1) is 17.4 Å². The summed E-state index contributed by atoms with van der Waals surface area (Å²) in [5, 5.41) is 0.588. The molecule has 0 radical (unpaired) electrons. The minimum Gasteiger partial charge on any atom is -0.335 e. The predicted octanol–water partition coefficient (Wildman–Crippen LogP) is 1.59. The summed E-state index contributed by atoms with van der Waals surface area (Å²) in [6.45, 7) is 0. The summed E-state index contributed by atoms with van der Waals surface area (Å²) in [6, 6.07) is 1.39. The van der Waals surface area contributed by atoms with Crippen LogP contribution in [0.15, 0.2) is 12.4 Å². The Kier molecular flexibility index (Phi) is 2.48. The van der Waals surface area contributed by atoms with Crippen LogP contribution in [-0.2, 0) is 0 Å². The van der Waals surface area contributed by atoms with Crippen molar-refractivity contribution in [3.8, 4) is 0 Å². The van der Waals surface area contributed by atoms with Gasteiger partial charge in [-0.05, 0) is 25.7 Å². The molecule has 0 aliphatic carbocycles. The molecule has 2 N–H and O–H groups in total. The van der Waals surface area contributed by atoms with Crippen LogP contribution >= 0.6 is 11.6 Å². The summed E-state index contributed by atoms with van der Waals surface area (Å²) in [6.07, 6.45) is 7.87. The minimum absolute atomic E-state index is 0.348. The molecule has 2 aliphatic rings. The molecule has 2 atom stereocenters. The number of rotatable bonds is 1. The number of piperidine rings is 1. The molecule has 2 bridgehead atoms. The van der Waals surface area contributed by atoms with Gasteiger partial charge in [0.25, 0.3) is 0 Å². The molecule has 4 nitrogen and oxygen atoms in total. The number of nitrogens with zero attached hydrogens (tertiary/aromatic N) is 3. The lowest BCUT2D eigenvalue weighted by Gasteiger charge is -2.37. The van der Waals surface area contributed by atoms with Gasteiger partial charge in [-0.1, -0.05) is 11.6 Å². The van der Waals surface area contributed by atoms with E-state index in [1.54, 1.807) is 12.4 Å². The zero-order chi connectivity index (χ0) is 11.1. The Morgan fingerprint density at radius 2 is 1.75 bits per heavy atom. The maximum atomic E-state index is 6.03. The van der Waals surface area contributed by atoms with Crippen molar-refractivity contribution in [2.24, 2.45) is 5.73 Å². The number of hydrogen-bond acceptors (Lipinski definition) is 4. The Morgan fingerprint density at radius 3 is 2.31 bits per heavy atom. The Morgan fingerprint density at radius 1 is 1.19 bits per heavy atom. The molecule has 3 rings (SSSR count). The average Bonchev–Trinajstić information content (AvgIpc) is 2.54. The lowest BCUT2D eigenvalue weighted by molar-refractivity contribution is 0.409. The van der Waals surface area contributed by atoms with Crippen molar-refractivity contribution in [1.29, 1.82) is 0 Å². The number of nitrogens with two attached hydrogens (primary N) is 1. The molecule has 0 amide bonds. The van der Waals surface area contributed by atoms with Gasteiger partial charge in [0.15, 0.2) is 0 Å². The smallest absolute Gasteiger partial charge is 0.225 e. The Hall–Kier alpha value is -0.870. The zero-order valence-electron chi connectivity index (χ0n) is 9.01. The highest BCUT2D eigenvalue weighted by Gasteiger charge is 2.40. The molecule has 2 saturated heterocycles. The fourth-order valence-electron chi connectivity index (χ4n) is 2.98. The maximum Gasteiger partial charge on any atom is 0.225 e. The Balaban J connectivity index is 1.88. The fourth-order valence-corrected chi connectivity index (χ4v) is 3.08. The Labute approximate surface area is 99.8 Å². The molecule has 86 valence electrons. The summed E-state index contributed by atoms with van der Waals surface area (Å²) in [5.74, 6) is 0.809. The van der Waals surface area contributed by atoms with E-state index in [2.05, 4.69) is 14.9 Å². The van der Waals surface area contributed by atoms with Gasteiger partial charge in [0.2, 0.25) is 5.95 Å². The van der Waals surface area contributed by atoms with E-state index in [9.17, 15) is 0 Å². The minimum atomic E-state index is 0.348. The van der Waals surface area contributed by atoms with Crippen LogP contribution in [0.4, 0.5) is 5.95 Å². The standard InChI is InChI=1S/C11H15ClN4/c12-7-5-14-11(15-6-7)16-9-1-2-10(16)4-8(13)3-9/h5-6,8-10H,1-4,13H2. The number of fused-ring (bicyclic) bond motifs is 2. The third kappa shape index (κ3) is 1.66. The molecule has 3 heterocycles. The zero-order valence-corrected chi connectivity index (χ0v) is 9.77. The molecular weight excluding hydrogens is 224 g/mol. The quantitative estimate of drug-likeness (QED) is 0.807. The van der Waals surface area contributed by atoms with Crippen LogP contribution in [0.25, 0.3) is 0 Å². The van der Waals surface area contributed by atoms with Gasteiger partial charge in [-0.2, -0.15) is 0 Å². The second-order valence-electron chi connectivity index (χ2n) is 4.73. The third-order valence-corrected chi connectivity index (χ3v) is 3.80. The molecule has 1 aromatic heterocycles. The van der Waals surface area contributed by atoms with Crippen LogP contribution in [0.2, 0.25) is 5.02 Å². The first-order chi connectivity index (χ1) is 7.74. The SMILES string of the molecule is NC1CC2CCC(C1)N2c1ncc(Cl)cn1. The van der Waals surface area contributed by atoms with Crippen LogP contribution in [0.3, 0.4) is 0 Å². The summed E-state index contributed by atoms with van der Waals surface area (Å²) >= 11 is 5.80. The highest BCUT2D eigenvalue weighted by atomic mass is 35.5. The lowest BCUT2D eigenvalue weighted by Crippen LogP contribution is -2.48. The molecule has 0 aromatic carbocycles. The van der Waals surface area contributed by atoms with Crippen molar-refractivity contribution in [3.05, 3.63) is 17.4 Å². The molecule has 2 aliphatic heterocycles. The second kappa shape index (κ2) is 3.86. The van der Waals surface area contributed by atoms with Crippen LogP contribution in [0.1, 0.15) is 25.7 Å². The van der Waals surface area contributed by atoms with Crippen LogP contribution in [0.5, 0.6) is 0 Å². The summed E-state index contributed by atoms with van der Waals surface area (Å²) in [7, 11) is 0. The summed E-state index contributed by atoms with van der Waals surface area (Å²) in [5.41, 5.74) is 6.03. The molecular formula is C11H15ClN4. The fraction of sp³-hybridized carbons (Fsp3) is 0.636.